The molecule has 0 saturated carbocycles. The van der Waals surface area contributed by atoms with E-state index in [0.717, 1.165) is 12.1 Å². The van der Waals surface area contributed by atoms with Crippen LogP contribution in [0.25, 0.3) is 10.9 Å². The molecular weight excluding hydrogens is 244 g/mol. The van der Waals surface area contributed by atoms with Crippen LogP contribution >= 0.6 is 0 Å². The Morgan fingerprint density at radius 1 is 0.950 bits per heavy atom. The Kier molecular flexibility index (Phi) is 3.75. The van der Waals surface area contributed by atoms with Crippen molar-refractivity contribution in [2.24, 2.45) is 0 Å². The van der Waals surface area contributed by atoms with Crippen molar-refractivity contribution in [3.05, 3.63) is 78.0 Å². The number of hydrogen-bond acceptors (Lipinski definition) is 2. The molecule has 0 aliphatic carbocycles. The molecule has 100 valence electrons. The van der Waals surface area contributed by atoms with E-state index in [0.29, 0.717) is 0 Å². The summed E-state index contributed by atoms with van der Waals surface area (Å²) in [7, 11) is 0. The number of pyridine rings is 1. The summed E-state index contributed by atoms with van der Waals surface area (Å²) in [5.74, 6) is 0. The molecule has 0 saturated heterocycles. The predicted octanol–water partition coefficient (Wildman–Crippen LogP) is 3.93. The summed E-state index contributed by atoms with van der Waals surface area (Å²) in [6, 6.07) is 21.3. The van der Waals surface area contributed by atoms with Crippen LogP contribution in [-0.2, 0) is 0 Å². The first-order chi connectivity index (χ1) is 9.88. The number of rotatable bonds is 4. The maximum atomic E-state index is 4.45. The van der Waals surface area contributed by atoms with Gasteiger partial charge in [0, 0.05) is 11.6 Å². The highest BCUT2D eigenvalue weighted by Crippen LogP contribution is 2.24. The van der Waals surface area contributed by atoms with Crippen molar-refractivity contribution >= 4 is 10.9 Å². The van der Waals surface area contributed by atoms with Crippen molar-refractivity contribution < 1.29 is 0 Å². The molecule has 0 spiro atoms. The van der Waals surface area contributed by atoms with Crippen LogP contribution in [0.5, 0.6) is 0 Å². The van der Waals surface area contributed by atoms with E-state index >= 15 is 0 Å². The molecule has 0 amide bonds. The highest BCUT2D eigenvalue weighted by atomic mass is 14.9. The molecule has 3 rings (SSSR count). The lowest BCUT2D eigenvalue weighted by atomic mass is 9.97. The molecule has 20 heavy (non-hydrogen) atoms. The minimum absolute atomic E-state index is 0.215. The summed E-state index contributed by atoms with van der Waals surface area (Å²) in [6.07, 6.45) is 1.84. The molecule has 2 aromatic carbocycles. The van der Waals surface area contributed by atoms with Crippen molar-refractivity contribution in [2.75, 3.05) is 6.54 Å². The molecule has 1 atom stereocenters. The van der Waals surface area contributed by atoms with Gasteiger partial charge in [-0.05, 0) is 29.8 Å². The maximum absolute atomic E-state index is 4.45. The fourth-order valence-corrected chi connectivity index (χ4v) is 2.54. The van der Waals surface area contributed by atoms with Gasteiger partial charge in [-0.25, -0.2) is 0 Å². The lowest BCUT2D eigenvalue weighted by Crippen LogP contribution is -2.21. The predicted molar refractivity (Wildman–Crippen MR) is 83.7 cm³/mol. The van der Waals surface area contributed by atoms with E-state index in [1.807, 2.05) is 12.3 Å². The molecule has 2 heteroatoms. The van der Waals surface area contributed by atoms with Crippen LogP contribution in [0.1, 0.15) is 24.1 Å². The van der Waals surface area contributed by atoms with Gasteiger partial charge in [0.2, 0.25) is 0 Å². The summed E-state index contributed by atoms with van der Waals surface area (Å²) >= 11 is 0. The van der Waals surface area contributed by atoms with Crippen LogP contribution in [0.2, 0.25) is 0 Å². The molecule has 1 heterocycles. The fraction of sp³-hybridized carbons (Fsp3) is 0.167. The molecule has 0 aliphatic heterocycles. The van der Waals surface area contributed by atoms with E-state index in [4.69, 9.17) is 0 Å². The third-order valence-electron chi connectivity index (χ3n) is 3.50. The van der Waals surface area contributed by atoms with Gasteiger partial charge < -0.3 is 5.32 Å². The number of aromatic nitrogens is 1. The van der Waals surface area contributed by atoms with E-state index in [9.17, 15) is 0 Å². The standard InChI is InChI=1S/C18H18N2/c1-2-19-18(15-7-4-3-5-8-15)16-11-10-14-9-6-12-20-17(14)13-16/h3-13,18-19H,2H2,1H3. The summed E-state index contributed by atoms with van der Waals surface area (Å²) in [5.41, 5.74) is 3.58. The molecule has 0 aliphatic rings. The number of nitrogens with zero attached hydrogens (tertiary/aromatic N) is 1. The zero-order valence-electron chi connectivity index (χ0n) is 11.6. The topological polar surface area (TPSA) is 24.9 Å². The lowest BCUT2D eigenvalue weighted by molar-refractivity contribution is 0.631. The minimum Gasteiger partial charge on any atom is -0.307 e. The Balaban J connectivity index is 2.05. The van der Waals surface area contributed by atoms with Crippen molar-refractivity contribution in [3.63, 3.8) is 0 Å². The van der Waals surface area contributed by atoms with Gasteiger partial charge in [-0.2, -0.15) is 0 Å². The highest BCUT2D eigenvalue weighted by Gasteiger charge is 2.12. The van der Waals surface area contributed by atoms with Crippen LogP contribution in [0, 0.1) is 0 Å². The molecule has 3 aromatic rings. The molecule has 0 fully saturated rings. The van der Waals surface area contributed by atoms with Crippen LogP contribution in [0.3, 0.4) is 0 Å². The first-order valence-electron chi connectivity index (χ1n) is 7.01. The molecule has 0 bridgehead atoms. The van der Waals surface area contributed by atoms with E-state index in [1.54, 1.807) is 0 Å². The second kappa shape index (κ2) is 5.85. The third kappa shape index (κ3) is 2.56. The quantitative estimate of drug-likeness (QED) is 0.770. The van der Waals surface area contributed by atoms with Gasteiger partial charge in [-0.15, -0.1) is 0 Å². The second-order valence-electron chi connectivity index (χ2n) is 4.86. The highest BCUT2D eigenvalue weighted by molar-refractivity contribution is 5.79. The molecule has 0 radical (unpaired) electrons. The van der Waals surface area contributed by atoms with Gasteiger partial charge in [0.1, 0.15) is 0 Å². The Hall–Kier alpha value is -2.19. The Labute approximate surface area is 119 Å². The van der Waals surface area contributed by atoms with Crippen molar-refractivity contribution in [1.29, 1.82) is 0 Å². The average Bonchev–Trinajstić information content (AvgIpc) is 2.53. The van der Waals surface area contributed by atoms with Gasteiger partial charge in [0.25, 0.3) is 0 Å². The summed E-state index contributed by atoms with van der Waals surface area (Å²) in [5, 5.41) is 4.73. The van der Waals surface area contributed by atoms with Crippen molar-refractivity contribution in [2.45, 2.75) is 13.0 Å². The van der Waals surface area contributed by atoms with Crippen LogP contribution in [0.4, 0.5) is 0 Å². The number of nitrogens with one attached hydrogen (secondary N) is 1. The minimum atomic E-state index is 0.215. The van der Waals surface area contributed by atoms with E-state index in [-0.39, 0.29) is 6.04 Å². The normalized spacial score (nSPS) is 12.4. The largest absolute Gasteiger partial charge is 0.307 e. The van der Waals surface area contributed by atoms with Gasteiger partial charge in [-0.3, -0.25) is 4.98 Å². The molecule has 1 unspecified atom stereocenters. The van der Waals surface area contributed by atoms with E-state index < -0.39 is 0 Å². The number of hydrogen-bond donors (Lipinski definition) is 1. The number of benzene rings is 2. The Morgan fingerprint density at radius 2 is 1.80 bits per heavy atom. The van der Waals surface area contributed by atoms with Crippen LogP contribution in [0.15, 0.2) is 66.9 Å². The van der Waals surface area contributed by atoms with Crippen LogP contribution < -0.4 is 5.32 Å². The zero-order chi connectivity index (χ0) is 13.8. The third-order valence-corrected chi connectivity index (χ3v) is 3.50. The first-order valence-corrected chi connectivity index (χ1v) is 7.01. The Morgan fingerprint density at radius 3 is 2.60 bits per heavy atom. The molecule has 2 nitrogen and oxygen atoms in total. The van der Waals surface area contributed by atoms with E-state index in [1.165, 1.54) is 16.5 Å². The lowest BCUT2D eigenvalue weighted by Gasteiger charge is -2.19. The maximum Gasteiger partial charge on any atom is 0.0705 e. The van der Waals surface area contributed by atoms with Gasteiger partial charge >= 0.3 is 0 Å². The molecule has 1 aromatic heterocycles. The van der Waals surface area contributed by atoms with Crippen molar-refractivity contribution in [3.8, 4) is 0 Å². The number of fused-ring (bicyclic) bond motifs is 1. The fourth-order valence-electron chi connectivity index (χ4n) is 2.54. The molecule has 1 N–H and O–H groups in total. The summed E-state index contributed by atoms with van der Waals surface area (Å²) in [4.78, 5) is 4.45. The van der Waals surface area contributed by atoms with Gasteiger partial charge in [-0.1, -0.05) is 55.5 Å². The summed E-state index contributed by atoms with van der Waals surface area (Å²) in [6.45, 7) is 3.06. The average molecular weight is 262 g/mol. The SMILES string of the molecule is CCNC(c1ccccc1)c1ccc2cccnc2c1. The second-order valence-corrected chi connectivity index (χ2v) is 4.86. The monoisotopic (exact) mass is 262 g/mol. The van der Waals surface area contributed by atoms with Gasteiger partial charge in [0.05, 0.1) is 11.6 Å². The first kappa shape index (κ1) is 12.8. The smallest absolute Gasteiger partial charge is 0.0705 e. The summed E-state index contributed by atoms with van der Waals surface area (Å²) < 4.78 is 0. The zero-order valence-corrected chi connectivity index (χ0v) is 11.6. The molecular formula is C18H18N2. The van der Waals surface area contributed by atoms with Crippen molar-refractivity contribution in [1.82, 2.24) is 10.3 Å². The van der Waals surface area contributed by atoms with Gasteiger partial charge in [0.15, 0.2) is 0 Å². The van der Waals surface area contributed by atoms with Crippen LogP contribution in [-0.4, -0.2) is 11.5 Å². The van der Waals surface area contributed by atoms with E-state index in [2.05, 4.69) is 71.8 Å². The Bertz CT molecular complexity index is 692.